The zero-order chi connectivity index (χ0) is 36.1. The minimum atomic E-state index is 0.616. The lowest BCUT2D eigenvalue weighted by atomic mass is 9.90. The summed E-state index contributed by atoms with van der Waals surface area (Å²) in [6.07, 6.45) is 0. The van der Waals surface area contributed by atoms with Crippen LogP contribution < -0.4 is 0 Å². The van der Waals surface area contributed by atoms with E-state index in [2.05, 4.69) is 188 Å². The monoisotopic (exact) mass is 689 g/mol. The molecule has 0 saturated carbocycles. The van der Waals surface area contributed by atoms with E-state index in [1.807, 2.05) is 24.3 Å². The Morgan fingerprint density at radius 3 is 1.07 bits per heavy atom. The quantitative estimate of drug-likeness (QED) is 0.159. The van der Waals surface area contributed by atoms with Gasteiger partial charge in [0.1, 0.15) is 0 Å². The summed E-state index contributed by atoms with van der Waals surface area (Å²) in [6.45, 7) is 0. The molecule has 0 radical (unpaired) electrons. The molecule has 0 saturated heterocycles. The Kier molecular flexibility index (Phi) is 8.94. The predicted octanol–water partition coefficient (Wildman–Crippen LogP) is 13.2. The first-order valence-corrected chi connectivity index (χ1v) is 18.2. The zero-order valence-corrected chi connectivity index (χ0v) is 29.5. The zero-order valence-electron chi connectivity index (χ0n) is 29.5. The van der Waals surface area contributed by atoms with Crippen molar-refractivity contribution in [1.82, 2.24) is 15.0 Å². The molecule has 3 nitrogen and oxygen atoms in total. The molecule has 0 spiro atoms. The van der Waals surface area contributed by atoms with Crippen LogP contribution in [0.2, 0.25) is 0 Å². The molecule has 9 aromatic rings. The lowest BCUT2D eigenvalue weighted by Gasteiger charge is -2.15. The highest BCUT2D eigenvalue weighted by molar-refractivity contribution is 5.89. The van der Waals surface area contributed by atoms with Gasteiger partial charge in [0.25, 0.3) is 0 Å². The van der Waals surface area contributed by atoms with Crippen molar-refractivity contribution in [2.24, 2.45) is 0 Å². The summed E-state index contributed by atoms with van der Waals surface area (Å²) in [5.74, 6) is 1.87. The normalized spacial score (nSPS) is 11.0. The summed E-state index contributed by atoms with van der Waals surface area (Å²) in [4.78, 5) is 15.7. The van der Waals surface area contributed by atoms with Crippen LogP contribution in [0.25, 0.3) is 89.8 Å². The molecule has 0 aliphatic rings. The Morgan fingerprint density at radius 1 is 0.185 bits per heavy atom. The van der Waals surface area contributed by atoms with E-state index in [4.69, 9.17) is 15.0 Å². The molecular formula is C51H35N3. The second kappa shape index (κ2) is 14.8. The van der Waals surface area contributed by atoms with Crippen molar-refractivity contribution in [3.05, 3.63) is 212 Å². The van der Waals surface area contributed by atoms with E-state index in [0.29, 0.717) is 17.5 Å². The maximum Gasteiger partial charge on any atom is 0.164 e. The largest absolute Gasteiger partial charge is 0.208 e. The highest BCUT2D eigenvalue weighted by atomic mass is 15.0. The third-order valence-electron chi connectivity index (χ3n) is 9.78. The molecule has 0 atom stereocenters. The van der Waals surface area contributed by atoms with Crippen LogP contribution in [0, 0.1) is 0 Å². The first-order valence-electron chi connectivity index (χ1n) is 18.2. The molecule has 0 N–H and O–H groups in total. The third kappa shape index (κ3) is 6.63. The summed E-state index contributed by atoms with van der Waals surface area (Å²) < 4.78 is 0. The standard InChI is InChI=1S/C51H35N3/c1-5-18-36(19-6-1)40-32-33-45(48(35-40)39-24-11-4-12-25-39)41-26-17-27-42(34-41)49-52-50(46-30-15-13-28-43(46)37-20-7-2-8-21-37)54-51(53-49)47-31-16-14-29-44(47)38-22-9-3-10-23-38/h1-35H. The van der Waals surface area contributed by atoms with Crippen molar-refractivity contribution in [3.63, 3.8) is 0 Å². The van der Waals surface area contributed by atoms with Gasteiger partial charge in [0.15, 0.2) is 17.5 Å². The van der Waals surface area contributed by atoms with Crippen molar-refractivity contribution >= 4 is 0 Å². The van der Waals surface area contributed by atoms with E-state index in [1.54, 1.807) is 0 Å². The van der Waals surface area contributed by atoms with Gasteiger partial charge in [0.05, 0.1) is 0 Å². The Labute approximate surface area is 316 Å². The van der Waals surface area contributed by atoms with E-state index in [9.17, 15) is 0 Å². The first-order chi connectivity index (χ1) is 26.8. The Morgan fingerprint density at radius 2 is 0.556 bits per heavy atom. The summed E-state index contributed by atoms with van der Waals surface area (Å²) in [7, 11) is 0. The number of rotatable bonds is 8. The van der Waals surface area contributed by atoms with Gasteiger partial charge in [0, 0.05) is 16.7 Å². The number of hydrogen-bond acceptors (Lipinski definition) is 3. The van der Waals surface area contributed by atoms with Crippen LogP contribution >= 0.6 is 0 Å². The SMILES string of the molecule is c1ccc(-c2ccc(-c3cccc(-c4nc(-c5ccccc5-c5ccccc5)nc(-c5ccccc5-c5ccccc5)n4)c3)c(-c3ccccc3)c2)cc1. The highest BCUT2D eigenvalue weighted by Crippen LogP contribution is 2.39. The molecule has 1 aromatic heterocycles. The molecular weight excluding hydrogens is 655 g/mol. The van der Waals surface area contributed by atoms with Crippen molar-refractivity contribution in [2.45, 2.75) is 0 Å². The number of nitrogens with zero attached hydrogens (tertiary/aromatic N) is 3. The maximum absolute atomic E-state index is 5.23. The van der Waals surface area contributed by atoms with Crippen LogP contribution in [0.15, 0.2) is 212 Å². The van der Waals surface area contributed by atoms with Crippen molar-refractivity contribution < 1.29 is 0 Å². The topological polar surface area (TPSA) is 38.7 Å². The molecule has 0 aliphatic carbocycles. The van der Waals surface area contributed by atoms with Gasteiger partial charge in [-0.25, -0.2) is 15.0 Å². The lowest BCUT2D eigenvalue weighted by molar-refractivity contribution is 1.07. The molecule has 0 bridgehead atoms. The van der Waals surface area contributed by atoms with Gasteiger partial charge in [-0.05, 0) is 67.8 Å². The molecule has 3 heteroatoms. The number of aromatic nitrogens is 3. The van der Waals surface area contributed by atoms with Gasteiger partial charge in [0.2, 0.25) is 0 Å². The van der Waals surface area contributed by atoms with E-state index >= 15 is 0 Å². The second-order valence-corrected chi connectivity index (χ2v) is 13.2. The molecule has 8 aromatic carbocycles. The second-order valence-electron chi connectivity index (χ2n) is 13.2. The molecule has 1 heterocycles. The van der Waals surface area contributed by atoms with Crippen LogP contribution in [-0.4, -0.2) is 15.0 Å². The number of benzene rings is 8. The van der Waals surface area contributed by atoms with Crippen LogP contribution in [0.3, 0.4) is 0 Å². The minimum absolute atomic E-state index is 0.616. The summed E-state index contributed by atoms with van der Waals surface area (Å²) in [5, 5.41) is 0. The van der Waals surface area contributed by atoms with Crippen LogP contribution in [0.4, 0.5) is 0 Å². The van der Waals surface area contributed by atoms with Gasteiger partial charge in [-0.15, -0.1) is 0 Å². The average molecular weight is 690 g/mol. The Balaban J connectivity index is 1.23. The number of hydrogen-bond donors (Lipinski definition) is 0. The smallest absolute Gasteiger partial charge is 0.164 e. The molecule has 0 unspecified atom stereocenters. The third-order valence-corrected chi connectivity index (χ3v) is 9.78. The molecule has 0 aliphatic heterocycles. The molecule has 254 valence electrons. The fourth-order valence-corrected chi connectivity index (χ4v) is 7.13. The Hall–Kier alpha value is -7.23. The van der Waals surface area contributed by atoms with E-state index in [-0.39, 0.29) is 0 Å². The van der Waals surface area contributed by atoms with Gasteiger partial charge < -0.3 is 0 Å². The van der Waals surface area contributed by atoms with Gasteiger partial charge in [-0.1, -0.05) is 200 Å². The lowest BCUT2D eigenvalue weighted by Crippen LogP contribution is -2.02. The minimum Gasteiger partial charge on any atom is -0.208 e. The molecule has 54 heavy (non-hydrogen) atoms. The highest BCUT2D eigenvalue weighted by Gasteiger charge is 2.19. The fourth-order valence-electron chi connectivity index (χ4n) is 7.13. The molecule has 0 fully saturated rings. The fraction of sp³-hybridized carbons (Fsp3) is 0. The van der Waals surface area contributed by atoms with Crippen LogP contribution in [0.5, 0.6) is 0 Å². The maximum atomic E-state index is 5.23. The van der Waals surface area contributed by atoms with Gasteiger partial charge in [-0.2, -0.15) is 0 Å². The summed E-state index contributed by atoms with van der Waals surface area (Å²) >= 11 is 0. The molecule has 9 rings (SSSR count). The predicted molar refractivity (Wildman–Crippen MR) is 223 cm³/mol. The van der Waals surface area contributed by atoms with E-state index in [0.717, 1.165) is 55.6 Å². The Bertz CT molecular complexity index is 2590. The van der Waals surface area contributed by atoms with Crippen molar-refractivity contribution in [3.8, 4) is 89.8 Å². The first kappa shape index (κ1) is 32.7. The molecule has 0 amide bonds. The van der Waals surface area contributed by atoms with Crippen LogP contribution in [-0.2, 0) is 0 Å². The summed E-state index contributed by atoms with van der Waals surface area (Å²) in [5.41, 5.74) is 14.1. The van der Waals surface area contributed by atoms with Crippen molar-refractivity contribution in [1.29, 1.82) is 0 Å². The van der Waals surface area contributed by atoms with Crippen molar-refractivity contribution in [2.75, 3.05) is 0 Å². The van der Waals surface area contributed by atoms with Crippen LogP contribution in [0.1, 0.15) is 0 Å². The average Bonchev–Trinajstić information content (AvgIpc) is 3.27. The van der Waals surface area contributed by atoms with Gasteiger partial charge >= 0.3 is 0 Å². The van der Waals surface area contributed by atoms with E-state index < -0.39 is 0 Å². The van der Waals surface area contributed by atoms with Gasteiger partial charge in [-0.3, -0.25) is 0 Å². The summed E-state index contributed by atoms with van der Waals surface area (Å²) in [6, 6.07) is 74.0. The van der Waals surface area contributed by atoms with E-state index in [1.165, 1.54) is 16.7 Å².